The number of hydrogen-bond acceptors (Lipinski definition) is 9. The van der Waals surface area contributed by atoms with Crippen molar-refractivity contribution in [3.8, 4) is 5.75 Å². The van der Waals surface area contributed by atoms with Crippen molar-refractivity contribution in [2.75, 3.05) is 16.6 Å². The van der Waals surface area contributed by atoms with E-state index in [1.165, 1.54) is 0 Å². The van der Waals surface area contributed by atoms with Crippen LogP contribution < -0.4 is 14.2 Å². The lowest BCUT2D eigenvalue weighted by atomic mass is 10.3. The molecule has 0 atom stereocenters. The Morgan fingerprint density at radius 1 is 0.778 bits per heavy atom. The summed E-state index contributed by atoms with van der Waals surface area (Å²) in [5.41, 5.74) is -2.73. The predicted molar refractivity (Wildman–Crippen MR) is 134 cm³/mol. The third kappa shape index (κ3) is 5.69. The first kappa shape index (κ1) is 27.6. The number of halogens is 4. The molecule has 0 aliphatic heterocycles. The van der Waals surface area contributed by atoms with E-state index >= 15 is 0 Å². The monoisotopic (exact) mass is 668 g/mol. The van der Waals surface area contributed by atoms with Crippen LogP contribution in [0.1, 0.15) is 0 Å². The lowest BCUT2D eigenvalue weighted by Crippen LogP contribution is -2.18. The summed E-state index contributed by atoms with van der Waals surface area (Å²) < 4.78 is 89.7. The van der Waals surface area contributed by atoms with Gasteiger partial charge in [0.25, 0.3) is 20.0 Å². The standard InChI is InChI=1S/C19H12Br2F2N4O7S2/c1-34-16-3-2-11(35(30,31)26-18-12(22)4-9(20)6-14(18)24-28)8-17(16)36(32,33)27-19-13(23)5-10(21)7-15(19)25-29/h2-8,26-27H,1H3. The zero-order chi connectivity index (χ0) is 26.8. The van der Waals surface area contributed by atoms with E-state index in [-0.39, 0.29) is 14.7 Å². The molecule has 0 spiro atoms. The van der Waals surface area contributed by atoms with Crippen LogP contribution in [0.15, 0.2) is 71.6 Å². The molecule has 36 heavy (non-hydrogen) atoms. The topological polar surface area (TPSA) is 160 Å². The second kappa shape index (κ2) is 10.5. The first-order valence-corrected chi connectivity index (χ1v) is 13.8. The van der Waals surface area contributed by atoms with E-state index in [0.29, 0.717) is 6.07 Å². The summed E-state index contributed by atoms with van der Waals surface area (Å²) in [5, 5.41) is 5.18. The molecule has 0 saturated carbocycles. The number of nitroso groups, excluding NO2 is 2. The Morgan fingerprint density at radius 2 is 1.25 bits per heavy atom. The maximum absolute atomic E-state index is 14.4. The highest BCUT2D eigenvalue weighted by molar-refractivity contribution is 9.10. The molecule has 3 rings (SSSR count). The van der Waals surface area contributed by atoms with Gasteiger partial charge in [0.15, 0.2) is 11.6 Å². The van der Waals surface area contributed by atoms with Gasteiger partial charge in [0.05, 0.1) is 12.0 Å². The minimum Gasteiger partial charge on any atom is -0.495 e. The van der Waals surface area contributed by atoms with Crippen molar-refractivity contribution in [1.82, 2.24) is 0 Å². The van der Waals surface area contributed by atoms with Gasteiger partial charge < -0.3 is 4.74 Å². The quantitative estimate of drug-likeness (QED) is 0.268. The molecule has 0 bridgehead atoms. The second-order valence-corrected chi connectivity index (χ2v) is 11.9. The minimum atomic E-state index is -4.78. The summed E-state index contributed by atoms with van der Waals surface area (Å²) in [5.74, 6) is -2.62. The summed E-state index contributed by atoms with van der Waals surface area (Å²) in [7, 11) is -8.37. The Labute approximate surface area is 219 Å². The molecular weight excluding hydrogens is 658 g/mol. The summed E-state index contributed by atoms with van der Waals surface area (Å²) >= 11 is 5.89. The van der Waals surface area contributed by atoms with Crippen molar-refractivity contribution < 1.29 is 30.4 Å². The number of ether oxygens (including phenoxy) is 1. The molecule has 11 nitrogen and oxygen atoms in total. The van der Waals surface area contributed by atoms with Gasteiger partial charge in [0, 0.05) is 8.95 Å². The van der Waals surface area contributed by atoms with E-state index in [1.807, 2.05) is 9.44 Å². The number of nitrogens with one attached hydrogen (secondary N) is 2. The van der Waals surface area contributed by atoms with Crippen LogP contribution in [0.3, 0.4) is 0 Å². The van der Waals surface area contributed by atoms with Crippen LogP contribution in [0.25, 0.3) is 0 Å². The lowest BCUT2D eigenvalue weighted by Gasteiger charge is -2.15. The molecule has 0 aromatic heterocycles. The maximum Gasteiger partial charge on any atom is 0.265 e. The maximum atomic E-state index is 14.4. The van der Waals surface area contributed by atoms with E-state index in [9.17, 15) is 35.4 Å². The molecule has 2 N–H and O–H groups in total. The molecule has 0 saturated heterocycles. The van der Waals surface area contributed by atoms with E-state index in [2.05, 4.69) is 42.2 Å². The molecule has 3 aromatic rings. The average molecular weight is 670 g/mol. The lowest BCUT2D eigenvalue weighted by molar-refractivity contribution is 0.402. The fourth-order valence-electron chi connectivity index (χ4n) is 2.88. The number of hydrogen-bond donors (Lipinski definition) is 2. The normalized spacial score (nSPS) is 11.6. The average Bonchev–Trinajstić information content (AvgIpc) is 2.81. The van der Waals surface area contributed by atoms with Gasteiger partial charge in [-0.2, -0.15) is 0 Å². The Balaban J connectivity index is 2.10. The first-order chi connectivity index (χ1) is 16.8. The highest BCUT2D eigenvalue weighted by atomic mass is 79.9. The number of sulfonamides is 2. The van der Waals surface area contributed by atoms with Crippen molar-refractivity contribution in [3.63, 3.8) is 0 Å². The predicted octanol–water partition coefficient (Wildman–Crippen LogP) is 5.90. The first-order valence-electron chi connectivity index (χ1n) is 9.21. The van der Waals surface area contributed by atoms with Crippen LogP contribution in [0.4, 0.5) is 31.5 Å². The van der Waals surface area contributed by atoms with Crippen LogP contribution in [0, 0.1) is 21.4 Å². The van der Waals surface area contributed by atoms with Crippen molar-refractivity contribution in [2.45, 2.75) is 9.79 Å². The summed E-state index contributed by atoms with van der Waals surface area (Å²) in [6, 6.07) is 6.46. The van der Waals surface area contributed by atoms with Gasteiger partial charge >= 0.3 is 0 Å². The highest BCUT2D eigenvalue weighted by Crippen LogP contribution is 2.37. The van der Waals surface area contributed by atoms with Crippen molar-refractivity contribution in [1.29, 1.82) is 0 Å². The van der Waals surface area contributed by atoms with Gasteiger partial charge in [0.1, 0.15) is 33.4 Å². The fraction of sp³-hybridized carbons (Fsp3) is 0.0526. The molecule has 0 aliphatic rings. The van der Waals surface area contributed by atoms with E-state index < -0.39 is 64.2 Å². The van der Waals surface area contributed by atoms with Gasteiger partial charge in [-0.05, 0) is 52.8 Å². The summed E-state index contributed by atoms with van der Waals surface area (Å²) in [4.78, 5) is 20.7. The summed E-state index contributed by atoms with van der Waals surface area (Å²) in [6.45, 7) is 0. The zero-order valence-electron chi connectivity index (χ0n) is 17.6. The van der Waals surface area contributed by atoms with Crippen LogP contribution >= 0.6 is 31.9 Å². The van der Waals surface area contributed by atoms with Crippen LogP contribution in [0.5, 0.6) is 5.75 Å². The van der Waals surface area contributed by atoms with Crippen molar-refractivity contribution in [3.05, 3.63) is 72.9 Å². The minimum absolute atomic E-state index is 0.110. The van der Waals surface area contributed by atoms with Gasteiger partial charge in [-0.3, -0.25) is 9.44 Å². The number of benzene rings is 3. The van der Waals surface area contributed by atoms with Gasteiger partial charge in [-0.15, -0.1) is 9.81 Å². The van der Waals surface area contributed by atoms with E-state index in [4.69, 9.17) is 4.74 Å². The largest absolute Gasteiger partial charge is 0.495 e. The molecule has 0 heterocycles. The number of nitrogens with zero attached hydrogens (tertiary/aromatic N) is 2. The second-order valence-electron chi connectivity index (χ2n) is 6.77. The Morgan fingerprint density at radius 3 is 1.69 bits per heavy atom. The molecule has 17 heteroatoms. The number of anilines is 2. The molecule has 3 aromatic carbocycles. The summed E-state index contributed by atoms with van der Waals surface area (Å²) in [6.07, 6.45) is 0. The van der Waals surface area contributed by atoms with Crippen LogP contribution in [-0.2, 0) is 20.0 Å². The molecule has 0 aliphatic carbocycles. The number of rotatable bonds is 9. The highest BCUT2D eigenvalue weighted by Gasteiger charge is 2.28. The van der Waals surface area contributed by atoms with Gasteiger partial charge in [-0.1, -0.05) is 31.9 Å². The van der Waals surface area contributed by atoms with Crippen molar-refractivity contribution >= 4 is 74.7 Å². The zero-order valence-corrected chi connectivity index (χ0v) is 22.4. The Kier molecular flexibility index (Phi) is 8.07. The third-order valence-corrected chi connectivity index (χ3v) is 8.11. The number of methoxy groups -OCH3 is 1. The van der Waals surface area contributed by atoms with E-state index in [1.54, 1.807) is 0 Å². The molecule has 0 amide bonds. The van der Waals surface area contributed by atoms with Crippen LogP contribution in [0.2, 0.25) is 0 Å². The SMILES string of the molecule is COc1ccc(S(=O)(=O)Nc2c(F)cc(Br)cc2N=O)cc1S(=O)(=O)Nc1c(F)cc(Br)cc1N=O. The van der Waals surface area contributed by atoms with Crippen LogP contribution in [-0.4, -0.2) is 23.9 Å². The molecule has 0 radical (unpaired) electrons. The van der Waals surface area contributed by atoms with E-state index in [0.717, 1.165) is 43.5 Å². The molecule has 0 unspecified atom stereocenters. The Hall–Kier alpha value is -3.02. The van der Waals surface area contributed by atoms with Gasteiger partial charge in [0.2, 0.25) is 0 Å². The van der Waals surface area contributed by atoms with Gasteiger partial charge in [-0.25, -0.2) is 25.6 Å². The molecule has 0 fully saturated rings. The fourth-order valence-corrected chi connectivity index (χ4v) is 6.18. The smallest absolute Gasteiger partial charge is 0.265 e. The molecular formula is C19H12Br2F2N4O7S2. The van der Waals surface area contributed by atoms with Crippen molar-refractivity contribution in [2.24, 2.45) is 10.4 Å². The molecule has 190 valence electrons. The Bertz CT molecular complexity index is 1600. The third-order valence-electron chi connectivity index (χ3n) is 4.47.